The molecule has 0 saturated carbocycles. The lowest BCUT2D eigenvalue weighted by atomic mass is 10.1. The summed E-state index contributed by atoms with van der Waals surface area (Å²) in [5, 5.41) is 14.2. The van der Waals surface area contributed by atoms with Crippen LogP contribution in [0.5, 0.6) is 0 Å². The molecule has 5 nitrogen and oxygen atoms in total. The molecule has 0 aliphatic heterocycles. The van der Waals surface area contributed by atoms with E-state index in [1.165, 1.54) is 0 Å². The molecule has 0 radical (unpaired) electrons. The van der Waals surface area contributed by atoms with Crippen LogP contribution in [-0.2, 0) is 6.54 Å². The Bertz CT molecular complexity index is 636. The van der Waals surface area contributed by atoms with Crippen LogP contribution in [0.25, 0.3) is 0 Å². The first-order valence-corrected chi connectivity index (χ1v) is 6.72. The van der Waals surface area contributed by atoms with E-state index in [-0.39, 0.29) is 10.6 Å². The van der Waals surface area contributed by atoms with Crippen molar-refractivity contribution in [2.24, 2.45) is 0 Å². The standard InChI is InChI=1S/C16H19N3O2/c1-12-4-9-15(16(10-12)19(20)21)17-11-13-5-7-14(8-6-13)18(2)3/h4-10,17H,11H2,1-3H3. The fraction of sp³-hybridized carbons (Fsp3) is 0.250. The van der Waals surface area contributed by atoms with Gasteiger partial charge < -0.3 is 10.2 Å². The summed E-state index contributed by atoms with van der Waals surface area (Å²) in [6, 6.07) is 13.3. The topological polar surface area (TPSA) is 58.4 Å². The van der Waals surface area contributed by atoms with Crippen molar-refractivity contribution < 1.29 is 4.92 Å². The van der Waals surface area contributed by atoms with Gasteiger partial charge >= 0.3 is 0 Å². The molecule has 0 bridgehead atoms. The number of nitro groups is 1. The Labute approximate surface area is 124 Å². The molecule has 1 N–H and O–H groups in total. The van der Waals surface area contributed by atoms with Gasteiger partial charge in [-0.05, 0) is 36.2 Å². The van der Waals surface area contributed by atoms with Gasteiger partial charge in [0.15, 0.2) is 0 Å². The Morgan fingerprint density at radius 3 is 2.38 bits per heavy atom. The Morgan fingerprint density at radius 2 is 1.81 bits per heavy atom. The number of nitrogens with zero attached hydrogens (tertiary/aromatic N) is 2. The smallest absolute Gasteiger partial charge is 0.292 e. The third-order valence-electron chi connectivity index (χ3n) is 3.29. The van der Waals surface area contributed by atoms with Gasteiger partial charge in [0.2, 0.25) is 0 Å². The van der Waals surface area contributed by atoms with Gasteiger partial charge in [0.1, 0.15) is 5.69 Å². The van der Waals surface area contributed by atoms with Gasteiger partial charge in [0, 0.05) is 32.4 Å². The van der Waals surface area contributed by atoms with Crippen molar-refractivity contribution in [1.29, 1.82) is 0 Å². The number of anilines is 2. The first-order chi connectivity index (χ1) is 9.97. The van der Waals surface area contributed by atoms with E-state index >= 15 is 0 Å². The van der Waals surface area contributed by atoms with Crippen LogP contribution in [0.2, 0.25) is 0 Å². The van der Waals surface area contributed by atoms with E-state index in [1.54, 1.807) is 12.1 Å². The molecule has 0 atom stereocenters. The first-order valence-electron chi connectivity index (χ1n) is 6.72. The van der Waals surface area contributed by atoms with E-state index in [9.17, 15) is 10.1 Å². The zero-order valence-corrected chi connectivity index (χ0v) is 12.5. The second-order valence-corrected chi connectivity index (χ2v) is 5.19. The highest BCUT2D eigenvalue weighted by atomic mass is 16.6. The summed E-state index contributed by atoms with van der Waals surface area (Å²) in [4.78, 5) is 12.7. The number of nitro benzene ring substituents is 1. The van der Waals surface area contributed by atoms with Crippen LogP contribution in [0, 0.1) is 17.0 Å². The van der Waals surface area contributed by atoms with E-state index in [0.717, 1.165) is 16.8 Å². The Balaban J connectivity index is 2.11. The maximum absolute atomic E-state index is 11.1. The molecule has 0 aliphatic carbocycles. The van der Waals surface area contributed by atoms with E-state index in [1.807, 2.05) is 56.3 Å². The summed E-state index contributed by atoms with van der Waals surface area (Å²) in [7, 11) is 3.98. The van der Waals surface area contributed by atoms with Crippen LogP contribution >= 0.6 is 0 Å². The number of hydrogen-bond acceptors (Lipinski definition) is 4. The molecule has 110 valence electrons. The van der Waals surface area contributed by atoms with E-state index in [0.29, 0.717) is 12.2 Å². The highest BCUT2D eigenvalue weighted by molar-refractivity contribution is 5.62. The molecular weight excluding hydrogens is 266 g/mol. The largest absolute Gasteiger partial charge is 0.378 e. The summed E-state index contributed by atoms with van der Waals surface area (Å²) < 4.78 is 0. The van der Waals surface area contributed by atoms with Crippen LogP contribution in [0.4, 0.5) is 17.1 Å². The molecular formula is C16H19N3O2. The monoisotopic (exact) mass is 285 g/mol. The average molecular weight is 285 g/mol. The van der Waals surface area contributed by atoms with Crippen LogP contribution in [0.3, 0.4) is 0 Å². The van der Waals surface area contributed by atoms with Crippen molar-refractivity contribution in [3.05, 3.63) is 63.7 Å². The van der Waals surface area contributed by atoms with Crippen molar-refractivity contribution >= 4 is 17.1 Å². The predicted octanol–water partition coefficient (Wildman–Crippen LogP) is 3.58. The zero-order chi connectivity index (χ0) is 15.4. The molecule has 21 heavy (non-hydrogen) atoms. The summed E-state index contributed by atoms with van der Waals surface area (Å²) >= 11 is 0. The van der Waals surface area contributed by atoms with Gasteiger partial charge in [0.25, 0.3) is 5.69 Å². The fourth-order valence-electron chi connectivity index (χ4n) is 2.05. The summed E-state index contributed by atoms with van der Waals surface area (Å²) in [6.07, 6.45) is 0. The minimum absolute atomic E-state index is 0.111. The number of aryl methyl sites for hydroxylation is 1. The van der Waals surface area contributed by atoms with Gasteiger partial charge in [-0.3, -0.25) is 10.1 Å². The first kappa shape index (κ1) is 14.8. The summed E-state index contributed by atoms with van der Waals surface area (Å²) in [5.41, 5.74) is 3.74. The molecule has 0 saturated heterocycles. The van der Waals surface area contributed by atoms with Crippen molar-refractivity contribution in [2.45, 2.75) is 13.5 Å². The van der Waals surface area contributed by atoms with Crippen molar-refractivity contribution in [3.63, 3.8) is 0 Å². The van der Waals surface area contributed by atoms with Crippen LogP contribution in [0.15, 0.2) is 42.5 Å². The third kappa shape index (κ3) is 3.72. The SMILES string of the molecule is Cc1ccc(NCc2ccc(N(C)C)cc2)c([N+](=O)[O-])c1. The van der Waals surface area contributed by atoms with Crippen molar-refractivity contribution in [1.82, 2.24) is 0 Å². The van der Waals surface area contributed by atoms with Crippen molar-refractivity contribution in [3.8, 4) is 0 Å². The molecule has 0 heterocycles. The lowest BCUT2D eigenvalue weighted by molar-refractivity contribution is -0.384. The molecule has 0 unspecified atom stereocenters. The second kappa shape index (κ2) is 6.26. The van der Waals surface area contributed by atoms with Crippen LogP contribution < -0.4 is 10.2 Å². The third-order valence-corrected chi connectivity index (χ3v) is 3.29. The molecule has 2 aromatic carbocycles. The summed E-state index contributed by atoms with van der Waals surface area (Å²) in [5.74, 6) is 0. The molecule has 0 aliphatic rings. The maximum atomic E-state index is 11.1. The molecule has 0 aromatic heterocycles. The normalized spacial score (nSPS) is 10.2. The van der Waals surface area contributed by atoms with Gasteiger partial charge in [-0.25, -0.2) is 0 Å². The molecule has 5 heteroatoms. The minimum atomic E-state index is -0.357. The number of nitrogens with one attached hydrogen (secondary N) is 1. The Morgan fingerprint density at radius 1 is 1.14 bits per heavy atom. The van der Waals surface area contributed by atoms with Crippen molar-refractivity contribution in [2.75, 3.05) is 24.3 Å². The minimum Gasteiger partial charge on any atom is -0.378 e. The lowest BCUT2D eigenvalue weighted by Gasteiger charge is -2.13. The second-order valence-electron chi connectivity index (χ2n) is 5.19. The van der Waals surface area contributed by atoms with E-state index < -0.39 is 0 Å². The van der Waals surface area contributed by atoms with Crippen LogP contribution in [0.1, 0.15) is 11.1 Å². The molecule has 0 fully saturated rings. The van der Waals surface area contributed by atoms with E-state index in [2.05, 4.69) is 5.32 Å². The zero-order valence-electron chi connectivity index (χ0n) is 12.5. The van der Waals surface area contributed by atoms with Gasteiger partial charge in [-0.2, -0.15) is 0 Å². The van der Waals surface area contributed by atoms with Crippen LogP contribution in [-0.4, -0.2) is 19.0 Å². The van der Waals surface area contributed by atoms with Gasteiger partial charge in [-0.1, -0.05) is 18.2 Å². The quantitative estimate of drug-likeness (QED) is 0.674. The number of benzene rings is 2. The molecule has 0 amide bonds. The molecule has 0 spiro atoms. The average Bonchev–Trinajstić information content (AvgIpc) is 2.46. The lowest BCUT2D eigenvalue weighted by Crippen LogP contribution is -2.08. The van der Waals surface area contributed by atoms with E-state index in [4.69, 9.17) is 0 Å². The Kier molecular flexibility index (Phi) is 4.42. The predicted molar refractivity (Wildman–Crippen MR) is 85.9 cm³/mol. The van der Waals surface area contributed by atoms with Gasteiger partial charge in [0.05, 0.1) is 4.92 Å². The number of hydrogen-bond donors (Lipinski definition) is 1. The Hall–Kier alpha value is -2.56. The summed E-state index contributed by atoms with van der Waals surface area (Å²) in [6.45, 7) is 2.40. The molecule has 2 aromatic rings. The number of rotatable bonds is 5. The van der Waals surface area contributed by atoms with Gasteiger partial charge in [-0.15, -0.1) is 0 Å². The highest BCUT2D eigenvalue weighted by Gasteiger charge is 2.13. The highest BCUT2D eigenvalue weighted by Crippen LogP contribution is 2.26. The fourth-order valence-corrected chi connectivity index (χ4v) is 2.05. The maximum Gasteiger partial charge on any atom is 0.292 e. The molecule has 2 rings (SSSR count).